The van der Waals surface area contributed by atoms with Crippen LogP contribution in [0.4, 0.5) is 0 Å². The predicted octanol–water partition coefficient (Wildman–Crippen LogP) is 9.73. The van der Waals surface area contributed by atoms with Crippen molar-refractivity contribution in [3.8, 4) is 0 Å². The quantitative estimate of drug-likeness (QED) is 0.0240. The van der Waals surface area contributed by atoms with Gasteiger partial charge in [0, 0.05) is 12.8 Å². The van der Waals surface area contributed by atoms with Crippen molar-refractivity contribution in [2.24, 2.45) is 5.73 Å². The summed E-state index contributed by atoms with van der Waals surface area (Å²) in [5, 5.41) is 8.86. The molecule has 294 valence electrons. The summed E-state index contributed by atoms with van der Waals surface area (Å²) >= 11 is 0. The van der Waals surface area contributed by atoms with Gasteiger partial charge in [-0.05, 0) is 38.5 Å². The smallest absolute Gasteiger partial charge is 0.472 e. The van der Waals surface area contributed by atoms with Gasteiger partial charge in [0.25, 0.3) is 0 Å². The van der Waals surface area contributed by atoms with Crippen LogP contribution in [-0.4, -0.2) is 59.9 Å². The monoisotopic (exact) mass is 733 g/mol. The summed E-state index contributed by atoms with van der Waals surface area (Å²) < 4.78 is 32.6. The molecule has 0 aliphatic carbocycles. The van der Waals surface area contributed by atoms with Crippen molar-refractivity contribution in [2.45, 2.75) is 193 Å². The van der Waals surface area contributed by atoms with Crippen LogP contribution in [0.2, 0.25) is 0 Å². The summed E-state index contributed by atoms with van der Waals surface area (Å²) in [6, 6.07) is -1.52. The van der Waals surface area contributed by atoms with Crippen molar-refractivity contribution in [2.75, 3.05) is 19.8 Å². The number of hydrogen-bond acceptors (Lipinski definition) is 9. The van der Waals surface area contributed by atoms with Crippen molar-refractivity contribution >= 4 is 25.7 Å². The van der Waals surface area contributed by atoms with Crippen LogP contribution < -0.4 is 5.73 Å². The predicted molar refractivity (Wildman–Crippen MR) is 199 cm³/mol. The Morgan fingerprint density at radius 1 is 0.600 bits per heavy atom. The lowest BCUT2D eigenvalue weighted by Crippen LogP contribution is -2.34. The van der Waals surface area contributed by atoms with Gasteiger partial charge in [-0.2, -0.15) is 0 Å². The zero-order chi connectivity index (χ0) is 37.1. The molecular formula is C38H72NO10P. The Kier molecular flexibility index (Phi) is 33.1. The number of aliphatic carboxylic acids is 1. The van der Waals surface area contributed by atoms with E-state index in [1.807, 2.05) is 0 Å². The van der Waals surface area contributed by atoms with E-state index in [0.29, 0.717) is 12.8 Å². The number of carboxylic acid groups (broad SMARTS) is 1. The Hall–Kier alpha value is -1.78. The maximum atomic E-state index is 12.6. The van der Waals surface area contributed by atoms with Crippen molar-refractivity contribution in [3.63, 3.8) is 0 Å². The summed E-state index contributed by atoms with van der Waals surface area (Å²) in [6.45, 7) is 2.77. The number of carboxylic acids is 1. The molecule has 0 saturated heterocycles. The fourth-order valence-corrected chi connectivity index (χ4v) is 6.13. The van der Waals surface area contributed by atoms with Gasteiger partial charge in [-0.1, -0.05) is 142 Å². The minimum absolute atomic E-state index is 0.155. The van der Waals surface area contributed by atoms with E-state index in [1.54, 1.807) is 0 Å². The second-order valence-electron chi connectivity index (χ2n) is 13.4. The SMILES string of the molecule is CCCCCCC/C=C/CCCCCCCC(=O)O[C@H](COC(=O)CCCCCCCCCCCCCC)COP(=O)(O)OC[C@H](N)C(=O)O. The van der Waals surface area contributed by atoms with Crippen LogP contribution in [0.25, 0.3) is 0 Å². The van der Waals surface area contributed by atoms with Gasteiger partial charge in [-0.25, -0.2) is 4.57 Å². The van der Waals surface area contributed by atoms with E-state index in [2.05, 4.69) is 30.5 Å². The number of hydrogen-bond donors (Lipinski definition) is 3. The number of esters is 2. The molecule has 0 radical (unpaired) electrons. The van der Waals surface area contributed by atoms with Crippen LogP contribution in [0.15, 0.2) is 12.2 Å². The number of ether oxygens (including phenoxy) is 2. The van der Waals surface area contributed by atoms with Gasteiger partial charge in [0.05, 0.1) is 13.2 Å². The second-order valence-corrected chi connectivity index (χ2v) is 14.9. The molecule has 0 amide bonds. The summed E-state index contributed by atoms with van der Waals surface area (Å²) in [4.78, 5) is 45.7. The molecule has 50 heavy (non-hydrogen) atoms. The van der Waals surface area contributed by atoms with E-state index in [0.717, 1.165) is 57.8 Å². The standard InChI is InChI=1S/C38H72NO10P/c1-3-5-7-9-11-13-15-17-18-20-22-24-26-28-30-37(41)49-34(32-47-50(44,45)48-33-35(39)38(42)43)31-46-36(40)29-27-25-23-21-19-16-14-12-10-8-6-4-2/h15,17,34-35H,3-14,16,18-33,39H2,1-2H3,(H,42,43)(H,44,45)/b17-15+/t34-,35+/m1/s1. The number of phosphoric acid groups is 1. The lowest BCUT2D eigenvalue weighted by Gasteiger charge is -2.20. The Labute approximate surface area is 303 Å². The number of nitrogens with two attached hydrogens (primary N) is 1. The lowest BCUT2D eigenvalue weighted by molar-refractivity contribution is -0.161. The first-order chi connectivity index (χ1) is 24.1. The van der Waals surface area contributed by atoms with Gasteiger partial charge in [0.2, 0.25) is 0 Å². The minimum atomic E-state index is -4.71. The van der Waals surface area contributed by atoms with Crippen molar-refractivity contribution in [1.82, 2.24) is 0 Å². The van der Waals surface area contributed by atoms with E-state index < -0.39 is 51.1 Å². The molecule has 0 aromatic heterocycles. The lowest BCUT2D eigenvalue weighted by atomic mass is 10.0. The second kappa shape index (κ2) is 34.3. The third-order valence-electron chi connectivity index (χ3n) is 8.51. The van der Waals surface area contributed by atoms with Crippen LogP contribution in [0.5, 0.6) is 0 Å². The van der Waals surface area contributed by atoms with E-state index in [1.165, 1.54) is 83.5 Å². The largest absolute Gasteiger partial charge is 0.480 e. The highest BCUT2D eigenvalue weighted by molar-refractivity contribution is 7.47. The molecule has 1 unspecified atom stereocenters. The fourth-order valence-electron chi connectivity index (χ4n) is 5.35. The maximum Gasteiger partial charge on any atom is 0.472 e. The molecule has 12 heteroatoms. The number of phosphoric ester groups is 1. The van der Waals surface area contributed by atoms with Gasteiger partial charge in [0.1, 0.15) is 12.6 Å². The fraction of sp³-hybridized carbons (Fsp3) is 0.868. The summed E-state index contributed by atoms with van der Waals surface area (Å²) in [5.74, 6) is -2.38. The van der Waals surface area contributed by atoms with Crippen LogP contribution >= 0.6 is 7.82 Å². The van der Waals surface area contributed by atoms with Gasteiger partial charge in [0.15, 0.2) is 6.10 Å². The summed E-state index contributed by atoms with van der Waals surface area (Å²) in [6.07, 6.45) is 31.3. The number of carbonyl (C=O) groups is 3. The molecule has 4 N–H and O–H groups in total. The molecule has 0 heterocycles. The van der Waals surface area contributed by atoms with Crippen LogP contribution in [0, 0.1) is 0 Å². The Morgan fingerprint density at radius 2 is 1.00 bits per heavy atom. The van der Waals surface area contributed by atoms with Crippen LogP contribution in [0.1, 0.15) is 181 Å². The highest BCUT2D eigenvalue weighted by Gasteiger charge is 2.28. The highest BCUT2D eigenvalue weighted by atomic mass is 31.2. The van der Waals surface area contributed by atoms with E-state index in [9.17, 15) is 23.8 Å². The summed E-state index contributed by atoms with van der Waals surface area (Å²) in [5.41, 5.74) is 5.32. The molecule has 0 fully saturated rings. The molecule has 0 aromatic carbocycles. The van der Waals surface area contributed by atoms with Crippen molar-refractivity contribution in [3.05, 3.63) is 12.2 Å². The molecule has 3 atom stereocenters. The van der Waals surface area contributed by atoms with Gasteiger partial charge in [-0.3, -0.25) is 23.4 Å². The number of unbranched alkanes of at least 4 members (excludes halogenated alkanes) is 21. The van der Waals surface area contributed by atoms with Gasteiger partial charge >= 0.3 is 25.7 Å². The summed E-state index contributed by atoms with van der Waals surface area (Å²) in [7, 11) is -4.71. The first-order valence-corrected chi connectivity index (χ1v) is 21.2. The third kappa shape index (κ3) is 33.4. The molecule has 11 nitrogen and oxygen atoms in total. The Morgan fingerprint density at radius 3 is 1.46 bits per heavy atom. The van der Waals surface area contributed by atoms with E-state index in [4.69, 9.17) is 24.8 Å². The first kappa shape index (κ1) is 48.2. The first-order valence-electron chi connectivity index (χ1n) is 19.7. The van der Waals surface area contributed by atoms with Crippen LogP contribution in [-0.2, 0) is 37.5 Å². The average Bonchev–Trinajstić information content (AvgIpc) is 3.09. The molecule has 0 aliphatic rings. The van der Waals surface area contributed by atoms with Gasteiger partial charge in [-0.15, -0.1) is 0 Å². The Balaban J connectivity index is 4.43. The highest BCUT2D eigenvalue weighted by Crippen LogP contribution is 2.43. The van der Waals surface area contributed by atoms with Crippen LogP contribution in [0.3, 0.4) is 0 Å². The molecular weight excluding hydrogens is 661 g/mol. The zero-order valence-electron chi connectivity index (χ0n) is 31.5. The molecule has 0 aliphatic heterocycles. The Bertz CT molecular complexity index is 916. The topological polar surface area (TPSA) is 172 Å². The number of allylic oxidation sites excluding steroid dienone is 2. The minimum Gasteiger partial charge on any atom is -0.480 e. The molecule has 0 bridgehead atoms. The molecule has 0 rings (SSSR count). The van der Waals surface area contributed by atoms with Crippen molar-refractivity contribution < 1.29 is 47.5 Å². The number of rotatable bonds is 37. The average molecular weight is 734 g/mol. The van der Waals surface area contributed by atoms with Crippen molar-refractivity contribution in [1.29, 1.82) is 0 Å². The zero-order valence-corrected chi connectivity index (χ0v) is 32.4. The van der Waals surface area contributed by atoms with E-state index in [-0.39, 0.29) is 19.4 Å². The maximum absolute atomic E-state index is 12.6. The molecule has 0 aromatic rings. The number of carbonyl (C=O) groups excluding carboxylic acids is 2. The van der Waals surface area contributed by atoms with E-state index >= 15 is 0 Å². The normalized spacial score (nSPS) is 14.0. The molecule has 0 spiro atoms. The van der Waals surface area contributed by atoms with Gasteiger partial charge < -0.3 is 25.2 Å². The third-order valence-corrected chi connectivity index (χ3v) is 9.46. The molecule has 0 saturated carbocycles.